The van der Waals surface area contributed by atoms with Crippen LogP contribution in [0.5, 0.6) is 11.5 Å². The molecule has 1 N–H and O–H groups in total. The summed E-state index contributed by atoms with van der Waals surface area (Å²) in [6, 6.07) is 4.95. The molecule has 0 aliphatic heterocycles. The molecular formula is C23H25N3O8S2. The van der Waals surface area contributed by atoms with Gasteiger partial charge in [-0.15, -0.1) is 16.4 Å². The minimum Gasteiger partial charge on any atom is -0.496 e. The third-order valence-electron chi connectivity index (χ3n) is 5.70. The Morgan fingerprint density at radius 2 is 1.75 bits per heavy atom. The zero-order valence-corrected chi connectivity index (χ0v) is 21.6. The van der Waals surface area contributed by atoms with E-state index in [4.69, 9.17) is 18.6 Å². The highest BCUT2D eigenvalue weighted by Gasteiger charge is 2.31. The van der Waals surface area contributed by atoms with Gasteiger partial charge in [-0.2, -0.15) is 0 Å². The van der Waals surface area contributed by atoms with E-state index < -0.39 is 32.7 Å². The Balaban J connectivity index is 1.57. The molecule has 0 bridgehead atoms. The standard InChI is InChI=1S/C23H25N3O8S2/c1-31-14-9-7-10-15(32-2)19(14)20-25-26-23(34-20)36(29,30)12-17(27)24-21-18(22(28)33-3)13-8-5-4-6-11-16(13)35-21/h7,9-10H,4-6,8,11-12H2,1-3H3,(H,24,27). The van der Waals surface area contributed by atoms with Gasteiger partial charge in [0.15, 0.2) is 0 Å². The Kier molecular flexibility index (Phi) is 7.59. The summed E-state index contributed by atoms with van der Waals surface area (Å²) in [6.45, 7) is 0. The molecule has 0 unspecified atom stereocenters. The van der Waals surface area contributed by atoms with Crippen molar-refractivity contribution in [2.45, 2.75) is 37.3 Å². The lowest BCUT2D eigenvalue weighted by molar-refractivity contribution is -0.113. The molecule has 0 saturated carbocycles. The van der Waals surface area contributed by atoms with Crippen molar-refractivity contribution in [3.8, 4) is 23.0 Å². The van der Waals surface area contributed by atoms with Gasteiger partial charge in [0, 0.05) is 4.88 Å². The van der Waals surface area contributed by atoms with Crippen molar-refractivity contribution in [1.82, 2.24) is 10.2 Å². The molecule has 0 atom stereocenters. The average Bonchev–Trinajstić information content (AvgIpc) is 3.42. The zero-order valence-electron chi connectivity index (χ0n) is 20.0. The number of amides is 1. The number of nitrogens with one attached hydrogen (secondary N) is 1. The van der Waals surface area contributed by atoms with E-state index in [9.17, 15) is 18.0 Å². The van der Waals surface area contributed by atoms with Crippen molar-refractivity contribution in [2.75, 3.05) is 32.4 Å². The first-order valence-corrected chi connectivity index (χ1v) is 13.6. The fourth-order valence-corrected chi connectivity index (χ4v) is 6.25. The molecule has 0 spiro atoms. The van der Waals surface area contributed by atoms with Crippen LogP contribution in [-0.4, -0.2) is 57.6 Å². The summed E-state index contributed by atoms with van der Waals surface area (Å²) in [6.07, 6.45) is 4.43. The van der Waals surface area contributed by atoms with E-state index in [1.807, 2.05) is 0 Å². The normalized spacial score (nSPS) is 13.4. The first-order chi connectivity index (χ1) is 17.3. The van der Waals surface area contributed by atoms with Crippen molar-refractivity contribution >= 4 is 38.1 Å². The van der Waals surface area contributed by atoms with Gasteiger partial charge < -0.3 is 23.9 Å². The van der Waals surface area contributed by atoms with Crippen LogP contribution in [0.2, 0.25) is 0 Å². The van der Waals surface area contributed by atoms with E-state index in [0.29, 0.717) is 17.9 Å². The topological polar surface area (TPSA) is 147 Å². The second kappa shape index (κ2) is 10.7. The van der Waals surface area contributed by atoms with Crippen LogP contribution in [0, 0.1) is 0 Å². The number of esters is 1. The highest BCUT2D eigenvalue weighted by molar-refractivity contribution is 7.91. The van der Waals surface area contributed by atoms with Crippen LogP contribution in [0.4, 0.5) is 5.00 Å². The van der Waals surface area contributed by atoms with Crippen LogP contribution in [-0.2, 0) is 32.2 Å². The predicted molar refractivity (Wildman–Crippen MR) is 130 cm³/mol. The van der Waals surface area contributed by atoms with Crippen LogP contribution < -0.4 is 14.8 Å². The Hall–Kier alpha value is -3.45. The molecular weight excluding hydrogens is 510 g/mol. The van der Waals surface area contributed by atoms with Gasteiger partial charge >= 0.3 is 11.2 Å². The Morgan fingerprint density at radius 1 is 1.06 bits per heavy atom. The number of thiophene rings is 1. The summed E-state index contributed by atoms with van der Waals surface area (Å²) < 4.78 is 46.7. The number of hydrogen-bond acceptors (Lipinski definition) is 11. The van der Waals surface area contributed by atoms with Gasteiger partial charge in [0.25, 0.3) is 5.89 Å². The molecule has 1 aliphatic carbocycles. The number of ether oxygens (including phenoxy) is 3. The van der Waals surface area contributed by atoms with Gasteiger partial charge in [-0.3, -0.25) is 4.79 Å². The van der Waals surface area contributed by atoms with E-state index in [1.54, 1.807) is 18.2 Å². The quantitative estimate of drug-likeness (QED) is 0.337. The van der Waals surface area contributed by atoms with Gasteiger partial charge in [0.1, 0.15) is 27.8 Å². The summed E-state index contributed by atoms with van der Waals surface area (Å²) in [5.74, 6) is -1.83. The molecule has 0 saturated heterocycles. The van der Waals surface area contributed by atoms with Gasteiger partial charge in [-0.05, 0) is 43.4 Å². The number of aryl methyl sites for hydroxylation is 1. The van der Waals surface area contributed by atoms with E-state index in [-0.39, 0.29) is 22.0 Å². The molecule has 11 nitrogen and oxygen atoms in total. The number of benzene rings is 1. The lowest BCUT2D eigenvalue weighted by Crippen LogP contribution is -2.24. The smallest absolute Gasteiger partial charge is 0.341 e. The van der Waals surface area contributed by atoms with Gasteiger partial charge in [0.05, 0.1) is 26.9 Å². The minimum absolute atomic E-state index is 0.141. The van der Waals surface area contributed by atoms with Crippen LogP contribution in [0.25, 0.3) is 11.5 Å². The molecule has 1 aliphatic rings. The fraction of sp³-hybridized carbons (Fsp3) is 0.391. The second-order valence-electron chi connectivity index (χ2n) is 7.98. The lowest BCUT2D eigenvalue weighted by atomic mass is 10.1. The van der Waals surface area contributed by atoms with Crippen LogP contribution in [0.15, 0.2) is 27.8 Å². The van der Waals surface area contributed by atoms with Crippen LogP contribution in [0.1, 0.15) is 40.1 Å². The van der Waals surface area contributed by atoms with Gasteiger partial charge in [-0.25, -0.2) is 13.2 Å². The summed E-state index contributed by atoms with van der Waals surface area (Å²) in [5.41, 5.74) is 1.42. The summed E-state index contributed by atoms with van der Waals surface area (Å²) >= 11 is 1.27. The Morgan fingerprint density at radius 3 is 2.42 bits per heavy atom. The number of carbonyl (C=O) groups is 2. The van der Waals surface area contributed by atoms with Crippen molar-refractivity contribution < 1.29 is 36.6 Å². The number of methoxy groups -OCH3 is 3. The maximum absolute atomic E-state index is 12.9. The minimum atomic E-state index is -4.30. The molecule has 1 amide bonds. The van der Waals surface area contributed by atoms with Gasteiger partial charge in [0.2, 0.25) is 15.7 Å². The lowest BCUT2D eigenvalue weighted by Gasteiger charge is -2.09. The van der Waals surface area contributed by atoms with E-state index in [1.165, 1.54) is 32.7 Å². The number of hydrogen-bond donors (Lipinski definition) is 1. The molecule has 13 heteroatoms. The van der Waals surface area contributed by atoms with Gasteiger partial charge in [-0.1, -0.05) is 17.6 Å². The summed E-state index contributed by atoms with van der Waals surface area (Å²) in [5, 5.41) is 9.57. The molecule has 2 heterocycles. The van der Waals surface area contributed by atoms with Crippen molar-refractivity contribution in [2.24, 2.45) is 0 Å². The third-order valence-corrected chi connectivity index (χ3v) is 8.25. The molecule has 2 aromatic heterocycles. The van der Waals surface area contributed by atoms with E-state index in [2.05, 4.69) is 15.5 Å². The molecule has 0 radical (unpaired) electrons. The van der Waals surface area contributed by atoms with Crippen LogP contribution >= 0.6 is 11.3 Å². The molecule has 0 fully saturated rings. The monoisotopic (exact) mass is 535 g/mol. The molecule has 1 aromatic carbocycles. The maximum Gasteiger partial charge on any atom is 0.341 e. The highest BCUT2D eigenvalue weighted by atomic mass is 32.2. The molecule has 192 valence electrons. The van der Waals surface area contributed by atoms with Crippen LogP contribution in [0.3, 0.4) is 0 Å². The number of anilines is 1. The number of nitrogens with zero attached hydrogens (tertiary/aromatic N) is 2. The summed E-state index contributed by atoms with van der Waals surface area (Å²) in [4.78, 5) is 26.2. The number of sulfone groups is 1. The Labute approximate surface area is 211 Å². The molecule has 3 aromatic rings. The maximum atomic E-state index is 12.9. The number of rotatable bonds is 8. The second-order valence-corrected chi connectivity index (χ2v) is 11.0. The van der Waals surface area contributed by atoms with Crippen molar-refractivity contribution in [1.29, 1.82) is 0 Å². The first kappa shape index (κ1) is 25.6. The SMILES string of the molecule is COC(=O)c1c(NC(=O)CS(=O)(=O)c2nnc(-c3c(OC)cccc3OC)o2)sc2c1CCCCC2. The molecule has 36 heavy (non-hydrogen) atoms. The zero-order chi connectivity index (χ0) is 25.9. The molecule has 4 rings (SSSR count). The largest absolute Gasteiger partial charge is 0.496 e. The van der Waals surface area contributed by atoms with Crippen molar-refractivity contribution in [3.05, 3.63) is 34.2 Å². The third kappa shape index (κ3) is 5.07. The number of carbonyl (C=O) groups excluding carboxylic acids is 2. The highest BCUT2D eigenvalue weighted by Crippen LogP contribution is 2.39. The fourth-order valence-electron chi connectivity index (χ4n) is 4.04. The summed E-state index contributed by atoms with van der Waals surface area (Å²) in [7, 11) is -0.163. The average molecular weight is 536 g/mol. The number of fused-ring (bicyclic) bond motifs is 1. The Bertz CT molecular complexity index is 1370. The van der Waals surface area contributed by atoms with Crippen molar-refractivity contribution in [3.63, 3.8) is 0 Å². The predicted octanol–water partition coefficient (Wildman–Crippen LogP) is 3.28. The van der Waals surface area contributed by atoms with E-state index in [0.717, 1.165) is 36.1 Å². The first-order valence-electron chi connectivity index (χ1n) is 11.1. The number of aromatic nitrogens is 2. The van der Waals surface area contributed by atoms with E-state index >= 15 is 0 Å².